The van der Waals surface area contributed by atoms with Crippen LogP contribution < -0.4 is 10.9 Å². The van der Waals surface area contributed by atoms with Gasteiger partial charge in [0.2, 0.25) is 5.91 Å². The molecule has 1 aromatic carbocycles. The van der Waals surface area contributed by atoms with Crippen molar-refractivity contribution < 1.29 is 9.21 Å². The number of benzene rings is 1. The van der Waals surface area contributed by atoms with Gasteiger partial charge in [0.25, 0.3) is 5.22 Å². The first-order valence-electron chi connectivity index (χ1n) is 8.66. The molecule has 0 spiro atoms. The lowest BCUT2D eigenvalue weighted by Crippen LogP contribution is -2.43. The van der Waals surface area contributed by atoms with Gasteiger partial charge in [-0.1, -0.05) is 50.7 Å². The maximum atomic E-state index is 12.2. The molecule has 1 aromatic heterocycles. The normalized spacial score (nSPS) is 26.7. The van der Waals surface area contributed by atoms with Crippen LogP contribution in [0.1, 0.15) is 33.6 Å². The van der Waals surface area contributed by atoms with E-state index >= 15 is 0 Å². The SMILES string of the molecule is CC1(C)[C@H]2C=C(NNC(=O)CSc3nc4ccccc4o3)[C@@]1(C)CC2. The highest BCUT2D eigenvalue weighted by Crippen LogP contribution is 2.64. The minimum absolute atomic E-state index is 0.0858. The molecule has 0 radical (unpaired) electrons. The van der Waals surface area contributed by atoms with Crippen molar-refractivity contribution in [2.75, 3.05) is 5.75 Å². The minimum atomic E-state index is -0.0858. The van der Waals surface area contributed by atoms with Crippen molar-refractivity contribution in [1.82, 2.24) is 15.8 Å². The van der Waals surface area contributed by atoms with Crippen LogP contribution in [0.4, 0.5) is 0 Å². The maximum Gasteiger partial charge on any atom is 0.257 e. The molecule has 1 heterocycles. The van der Waals surface area contributed by atoms with Crippen LogP contribution in [0, 0.1) is 16.7 Å². The monoisotopic (exact) mass is 357 g/mol. The summed E-state index contributed by atoms with van der Waals surface area (Å²) in [6.45, 7) is 6.93. The van der Waals surface area contributed by atoms with Crippen molar-refractivity contribution in [3.05, 3.63) is 36.0 Å². The van der Waals surface area contributed by atoms with E-state index in [0.717, 1.165) is 23.2 Å². The van der Waals surface area contributed by atoms with E-state index in [9.17, 15) is 4.79 Å². The predicted octanol–water partition coefficient (Wildman–Crippen LogP) is 3.88. The van der Waals surface area contributed by atoms with Crippen LogP contribution in [0.15, 0.2) is 45.7 Å². The number of nitrogens with one attached hydrogen (secondary N) is 2. The topological polar surface area (TPSA) is 67.2 Å². The number of nitrogens with zero attached hydrogens (tertiary/aromatic N) is 1. The van der Waals surface area contributed by atoms with E-state index < -0.39 is 0 Å². The number of aromatic nitrogens is 1. The van der Waals surface area contributed by atoms with Gasteiger partial charge in [0.1, 0.15) is 5.52 Å². The predicted molar refractivity (Wildman–Crippen MR) is 98.7 cm³/mol. The summed E-state index contributed by atoms with van der Waals surface area (Å²) in [6.07, 6.45) is 4.69. The molecule has 4 rings (SSSR count). The lowest BCUT2D eigenvalue weighted by Gasteiger charge is -2.37. The Balaban J connectivity index is 1.32. The molecular weight excluding hydrogens is 334 g/mol. The summed E-state index contributed by atoms with van der Waals surface area (Å²) in [6, 6.07) is 7.59. The number of amides is 1. The Morgan fingerprint density at radius 2 is 2.16 bits per heavy atom. The van der Waals surface area contributed by atoms with Crippen molar-refractivity contribution in [3.8, 4) is 0 Å². The summed E-state index contributed by atoms with van der Waals surface area (Å²) in [4.78, 5) is 16.5. The van der Waals surface area contributed by atoms with E-state index in [4.69, 9.17) is 4.42 Å². The summed E-state index contributed by atoms with van der Waals surface area (Å²) >= 11 is 1.30. The summed E-state index contributed by atoms with van der Waals surface area (Å²) < 4.78 is 5.62. The molecule has 2 bridgehead atoms. The quantitative estimate of drug-likeness (QED) is 0.628. The van der Waals surface area contributed by atoms with Gasteiger partial charge in [0, 0.05) is 11.1 Å². The van der Waals surface area contributed by atoms with Crippen LogP contribution in [-0.2, 0) is 4.79 Å². The molecule has 6 heteroatoms. The maximum absolute atomic E-state index is 12.2. The van der Waals surface area contributed by atoms with E-state index in [1.807, 2.05) is 24.3 Å². The van der Waals surface area contributed by atoms with Crippen LogP contribution in [0.2, 0.25) is 0 Å². The minimum Gasteiger partial charge on any atom is -0.431 e. The highest BCUT2D eigenvalue weighted by Gasteiger charge is 2.57. The number of thioether (sulfide) groups is 1. The number of hydrogen-bond donors (Lipinski definition) is 2. The average molecular weight is 357 g/mol. The average Bonchev–Trinajstić information content (AvgIpc) is 3.16. The van der Waals surface area contributed by atoms with Gasteiger partial charge in [-0.3, -0.25) is 10.2 Å². The molecule has 2 N–H and O–H groups in total. The Bertz CT molecular complexity index is 824. The Hall–Kier alpha value is -1.95. The van der Waals surface area contributed by atoms with Crippen LogP contribution in [0.25, 0.3) is 11.1 Å². The first-order chi connectivity index (χ1) is 11.9. The number of oxazole rings is 1. The summed E-state index contributed by atoms with van der Waals surface area (Å²) in [5, 5.41) is 0.517. The second-order valence-electron chi connectivity index (χ2n) is 7.69. The fraction of sp³-hybridized carbons (Fsp3) is 0.474. The third kappa shape index (κ3) is 2.63. The molecule has 25 heavy (non-hydrogen) atoms. The van der Waals surface area contributed by atoms with Gasteiger partial charge in [0.05, 0.1) is 5.75 Å². The van der Waals surface area contributed by atoms with E-state index in [2.05, 4.69) is 42.7 Å². The second kappa shape index (κ2) is 5.80. The van der Waals surface area contributed by atoms with Crippen molar-refractivity contribution in [2.45, 2.75) is 38.8 Å². The molecule has 2 aromatic rings. The van der Waals surface area contributed by atoms with Crippen molar-refractivity contribution in [2.24, 2.45) is 16.7 Å². The van der Waals surface area contributed by atoms with E-state index in [1.165, 1.54) is 18.2 Å². The third-order valence-electron chi connectivity index (χ3n) is 6.20. The molecule has 2 aliphatic rings. The lowest BCUT2D eigenvalue weighted by molar-refractivity contribution is -0.119. The molecule has 1 amide bonds. The Labute approximate surface area is 151 Å². The molecule has 0 saturated heterocycles. The van der Waals surface area contributed by atoms with E-state index in [-0.39, 0.29) is 22.5 Å². The zero-order valence-corrected chi connectivity index (χ0v) is 15.6. The van der Waals surface area contributed by atoms with Crippen LogP contribution >= 0.6 is 11.8 Å². The summed E-state index contributed by atoms with van der Waals surface area (Å²) in [7, 11) is 0. The van der Waals surface area contributed by atoms with Gasteiger partial charge >= 0.3 is 0 Å². The van der Waals surface area contributed by atoms with Gasteiger partial charge in [0.15, 0.2) is 5.58 Å². The number of rotatable bonds is 5. The number of carbonyl (C=O) groups excluding carboxylic acids is 1. The second-order valence-corrected chi connectivity index (χ2v) is 8.62. The Morgan fingerprint density at radius 1 is 1.36 bits per heavy atom. The standard InChI is InChI=1S/C19H23N3O2S/c1-18(2)12-8-9-19(18,3)15(10-12)21-22-16(23)11-25-17-20-13-6-4-5-7-14(13)24-17/h4-7,10,12,21H,8-9,11H2,1-3H3,(H,22,23)/t12-,19-/m1/s1. The summed E-state index contributed by atoms with van der Waals surface area (Å²) in [5.41, 5.74) is 9.05. The molecule has 0 aliphatic heterocycles. The van der Waals surface area contributed by atoms with E-state index in [0.29, 0.717) is 11.1 Å². The van der Waals surface area contributed by atoms with Gasteiger partial charge in [-0.25, -0.2) is 4.98 Å². The van der Waals surface area contributed by atoms with Gasteiger partial charge in [-0.05, 0) is 36.3 Å². The number of carbonyl (C=O) groups is 1. The van der Waals surface area contributed by atoms with Crippen LogP contribution in [0.5, 0.6) is 0 Å². The van der Waals surface area contributed by atoms with Crippen molar-refractivity contribution in [1.29, 1.82) is 0 Å². The zero-order valence-electron chi connectivity index (χ0n) is 14.8. The fourth-order valence-corrected chi connectivity index (χ4v) is 4.73. The Morgan fingerprint density at radius 3 is 2.84 bits per heavy atom. The van der Waals surface area contributed by atoms with Crippen LogP contribution in [0.3, 0.4) is 0 Å². The molecule has 1 saturated carbocycles. The molecule has 1 fully saturated rings. The molecular formula is C19H23N3O2S. The summed E-state index contributed by atoms with van der Waals surface area (Å²) in [5.74, 6) is 0.764. The first-order valence-corrected chi connectivity index (χ1v) is 9.64. The van der Waals surface area contributed by atoms with Gasteiger partial charge in [-0.15, -0.1) is 0 Å². The Kier molecular flexibility index (Phi) is 3.83. The van der Waals surface area contributed by atoms with E-state index in [1.54, 1.807) is 0 Å². The molecule has 2 atom stereocenters. The molecule has 2 aliphatic carbocycles. The smallest absolute Gasteiger partial charge is 0.257 e. The number of para-hydroxylation sites is 2. The van der Waals surface area contributed by atoms with Crippen molar-refractivity contribution >= 4 is 28.8 Å². The number of allylic oxidation sites excluding steroid dienone is 2. The third-order valence-corrected chi connectivity index (χ3v) is 7.03. The first kappa shape index (κ1) is 16.5. The lowest BCUT2D eigenvalue weighted by atomic mass is 9.69. The highest BCUT2D eigenvalue weighted by molar-refractivity contribution is 7.99. The number of fused-ring (bicyclic) bond motifs is 3. The molecule has 0 unspecified atom stereocenters. The van der Waals surface area contributed by atoms with Crippen molar-refractivity contribution in [3.63, 3.8) is 0 Å². The molecule has 5 nitrogen and oxygen atoms in total. The number of hydrazine groups is 1. The number of hydrogen-bond acceptors (Lipinski definition) is 5. The largest absolute Gasteiger partial charge is 0.431 e. The van der Waals surface area contributed by atoms with Gasteiger partial charge in [-0.2, -0.15) is 0 Å². The zero-order chi connectivity index (χ0) is 17.7. The highest BCUT2D eigenvalue weighted by atomic mass is 32.2. The van der Waals surface area contributed by atoms with Crippen LogP contribution in [-0.4, -0.2) is 16.6 Å². The fourth-order valence-electron chi connectivity index (χ4n) is 4.09. The molecule has 132 valence electrons. The van der Waals surface area contributed by atoms with Gasteiger partial charge < -0.3 is 9.84 Å².